The second-order valence-corrected chi connectivity index (χ2v) is 9.64. The molecule has 7 heteroatoms. The molecule has 0 saturated carbocycles. The number of hydrogen-bond acceptors (Lipinski definition) is 3. The van der Waals surface area contributed by atoms with Crippen molar-refractivity contribution >= 4 is 49.3 Å². The van der Waals surface area contributed by atoms with Gasteiger partial charge >= 0.3 is 0 Å². The number of piperazine rings is 1. The number of rotatable bonds is 3. The molecule has 0 bridgehead atoms. The van der Waals surface area contributed by atoms with Crippen molar-refractivity contribution in [3.8, 4) is 11.3 Å². The molecule has 0 aliphatic carbocycles. The largest absolute Gasteiger partial charge is 0.368 e. The highest BCUT2D eigenvalue weighted by Gasteiger charge is 2.25. The molecule has 0 atom stereocenters. The molecule has 1 amide bonds. The molecule has 174 valence electrons. The van der Waals surface area contributed by atoms with Gasteiger partial charge in [0.05, 0.1) is 16.8 Å². The number of aromatic nitrogens is 2. The molecule has 35 heavy (non-hydrogen) atoms. The van der Waals surface area contributed by atoms with Gasteiger partial charge in [0.25, 0.3) is 5.91 Å². The summed E-state index contributed by atoms with van der Waals surface area (Å²) in [6, 6.07) is 22.3. The van der Waals surface area contributed by atoms with Crippen molar-refractivity contribution in [3.63, 3.8) is 0 Å². The number of hydrogen-bond donors (Lipinski definition) is 1. The van der Waals surface area contributed by atoms with Gasteiger partial charge in [-0.2, -0.15) is 0 Å². The minimum atomic E-state index is -0.245. The van der Waals surface area contributed by atoms with Crippen molar-refractivity contribution in [2.24, 2.45) is 0 Å². The number of H-pyrrole nitrogens is 1. The number of nitrogens with zero attached hydrogens (tertiary/aromatic N) is 3. The maximum absolute atomic E-state index is 13.8. The summed E-state index contributed by atoms with van der Waals surface area (Å²) in [6.07, 6.45) is 1.95. The summed E-state index contributed by atoms with van der Waals surface area (Å²) in [6.45, 7) is 2.60. The van der Waals surface area contributed by atoms with E-state index in [1.807, 2.05) is 53.6 Å². The number of carbonyl (C=O) groups excluding carboxylic acids is 1. The number of amides is 1. The molecule has 3 aromatic carbocycles. The Morgan fingerprint density at radius 2 is 1.69 bits per heavy atom. The Morgan fingerprint density at radius 3 is 2.49 bits per heavy atom. The Hall–Kier alpha value is -3.71. The molecular weight excluding hydrogens is 507 g/mol. The fourth-order valence-electron chi connectivity index (χ4n) is 4.79. The highest BCUT2D eigenvalue weighted by molar-refractivity contribution is 9.10. The first-order valence-corrected chi connectivity index (χ1v) is 12.3. The summed E-state index contributed by atoms with van der Waals surface area (Å²) in [4.78, 5) is 26.1. The Balaban J connectivity index is 1.34. The van der Waals surface area contributed by atoms with Crippen LogP contribution in [0.25, 0.3) is 33.1 Å². The number of para-hydroxylation sites is 1. The van der Waals surface area contributed by atoms with Gasteiger partial charge in [0.1, 0.15) is 5.82 Å². The van der Waals surface area contributed by atoms with E-state index in [1.54, 1.807) is 12.1 Å². The number of fused-ring (bicyclic) bond motifs is 2. The Bertz CT molecular complexity index is 1560. The van der Waals surface area contributed by atoms with E-state index < -0.39 is 0 Å². The van der Waals surface area contributed by atoms with Crippen molar-refractivity contribution in [1.82, 2.24) is 14.9 Å². The van der Waals surface area contributed by atoms with Gasteiger partial charge in [-0.1, -0.05) is 34.1 Å². The van der Waals surface area contributed by atoms with Gasteiger partial charge < -0.3 is 14.8 Å². The molecule has 0 unspecified atom stereocenters. The molecule has 3 heterocycles. The van der Waals surface area contributed by atoms with Crippen molar-refractivity contribution in [1.29, 1.82) is 0 Å². The number of nitrogens with one attached hydrogen (secondary N) is 1. The smallest absolute Gasteiger partial charge is 0.254 e. The van der Waals surface area contributed by atoms with Crippen LogP contribution in [0, 0.1) is 5.82 Å². The van der Waals surface area contributed by atoms with Gasteiger partial charge in [-0.25, -0.2) is 9.37 Å². The monoisotopic (exact) mass is 528 g/mol. The van der Waals surface area contributed by atoms with E-state index in [0.29, 0.717) is 31.7 Å². The molecule has 1 fully saturated rings. The van der Waals surface area contributed by atoms with Crippen LogP contribution < -0.4 is 4.90 Å². The fraction of sp³-hybridized carbons (Fsp3) is 0.143. The first-order valence-electron chi connectivity index (χ1n) is 11.5. The fourth-order valence-corrected chi connectivity index (χ4v) is 5.15. The zero-order valence-electron chi connectivity index (χ0n) is 18.8. The average Bonchev–Trinajstić information content (AvgIpc) is 3.31. The van der Waals surface area contributed by atoms with Gasteiger partial charge in [0.2, 0.25) is 0 Å². The summed E-state index contributed by atoms with van der Waals surface area (Å²) >= 11 is 3.56. The molecule has 1 aliphatic heterocycles. The van der Waals surface area contributed by atoms with E-state index in [1.165, 1.54) is 12.1 Å². The molecule has 0 spiro atoms. The number of anilines is 1. The highest BCUT2D eigenvalue weighted by atomic mass is 79.9. The molecule has 2 aromatic heterocycles. The van der Waals surface area contributed by atoms with Gasteiger partial charge in [-0.15, -0.1) is 0 Å². The van der Waals surface area contributed by atoms with Crippen LogP contribution in [-0.4, -0.2) is 47.0 Å². The molecule has 1 N–H and O–H groups in total. The predicted molar refractivity (Wildman–Crippen MR) is 141 cm³/mol. The van der Waals surface area contributed by atoms with Crippen molar-refractivity contribution in [3.05, 3.63) is 94.8 Å². The molecule has 5 nitrogen and oxygen atoms in total. The van der Waals surface area contributed by atoms with Crippen LogP contribution in [0.1, 0.15) is 10.4 Å². The first kappa shape index (κ1) is 21.8. The summed E-state index contributed by atoms with van der Waals surface area (Å²) < 4.78 is 14.3. The van der Waals surface area contributed by atoms with Crippen LogP contribution >= 0.6 is 15.9 Å². The quantitative estimate of drug-likeness (QED) is 0.301. The molecule has 1 aliphatic rings. The van der Waals surface area contributed by atoms with Gasteiger partial charge in [0, 0.05) is 64.4 Å². The maximum Gasteiger partial charge on any atom is 0.254 e. The lowest BCUT2D eigenvalue weighted by Gasteiger charge is -2.36. The zero-order chi connectivity index (χ0) is 23.9. The summed E-state index contributed by atoms with van der Waals surface area (Å²) in [5.41, 5.74) is 5.17. The summed E-state index contributed by atoms with van der Waals surface area (Å²) in [5.74, 6) is -0.241. The van der Waals surface area contributed by atoms with Gasteiger partial charge in [0.15, 0.2) is 0 Å². The summed E-state index contributed by atoms with van der Waals surface area (Å²) in [5, 5.41) is 1.90. The molecular formula is C28H22BrFN4O. The Labute approximate surface area is 210 Å². The number of aromatic amines is 1. The number of pyridine rings is 1. The lowest BCUT2D eigenvalue weighted by atomic mass is 10.0. The Kier molecular flexibility index (Phi) is 5.49. The van der Waals surface area contributed by atoms with Crippen LogP contribution in [0.4, 0.5) is 10.1 Å². The van der Waals surface area contributed by atoms with E-state index in [9.17, 15) is 9.18 Å². The van der Waals surface area contributed by atoms with Crippen LogP contribution in [0.15, 0.2) is 83.5 Å². The van der Waals surface area contributed by atoms with Crippen LogP contribution in [0.3, 0.4) is 0 Å². The molecule has 0 radical (unpaired) electrons. The zero-order valence-corrected chi connectivity index (χ0v) is 20.4. The van der Waals surface area contributed by atoms with Crippen LogP contribution in [-0.2, 0) is 0 Å². The summed E-state index contributed by atoms with van der Waals surface area (Å²) in [7, 11) is 0. The van der Waals surface area contributed by atoms with E-state index in [4.69, 9.17) is 4.98 Å². The average molecular weight is 529 g/mol. The lowest BCUT2D eigenvalue weighted by molar-refractivity contribution is 0.0748. The molecule has 1 saturated heterocycles. The van der Waals surface area contributed by atoms with Crippen LogP contribution in [0.5, 0.6) is 0 Å². The highest BCUT2D eigenvalue weighted by Crippen LogP contribution is 2.32. The third kappa shape index (κ3) is 4.06. The van der Waals surface area contributed by atoms with E-state index in [2.05, 4.69) is 31.9 Å². The second kappa shape index (κ2) is 8.82. The van der Waals surface area contributed by atoms with Crippen LogP contribution in [0.2, 0.25) is 0 Å². The number of carbonyl (C=O) groups is 1. The number of benzene rings is 3. The SMILES string of the molecule is O=C(c1cc(-c2c[nH]c3ccc(Br)cc23)nc2ccccc12)N1CCN(c2ccc(F)cc2)CC1. The minimum absolute atomic E-state index is 0.00429. The second-order valence-electron chi connectivity index (χ2n) is 8.72. The standard InChI is InChI=1S/C28H22BrFN4O/c29-18-5-10-25-22(15-18)24(17-31-25)27-16-23(21-3-1-2-4-26(21)32-27)28(35)34-13-11-33(12-14-34)20-8-6-19(30)7-9-20/h1-10,15-17,31H,11-14H2. The molecule has 5 aromatic rings. The van der Waals surface area contributed by atoms with Gasteiger partial charge in [-0.05, 0) is 54.6 Å². The predicted octanol–water partition coefficient (Wildman–Crippen LogP) is 6.25. The van der Waals surface area contributed by atoms with Gasteiger partial charge in [-0.3, -0.25) is 4.79 Å². The first-order chi connectivity index (χ1) is 17.1. The third-order valence-corrected chi connectivity index (χ3v) is 7.12. The Morgan fingerprint density at radius 1 is 0.914 bits per heavy atom. The van der Waals surface area contributed by atoms with E-state index in [-0.39, 0.29) is 11.7 Å². The number of halogens is 2. The lowest BCUT2D eigenvalue weighted by Crippen LogP contribution is -2.48. The van der Waals surface area contributed by atoms with Crippen molar-refractivity contribution < 1.29 is 9.18 Å². The normalized spacial score (nSPS) is 14.1. The topological polar surface area (TPSA) is 52.2 Å². The van der Waals surface area contributed by atoms with Crippen molar-refractivity contribution in [2.75, 3.05) is 31.1 Å². The molecule has 6 rings (SSSR count). The van der Waals surface area contributed by atoms with Crippen molar-refractivity contribution in [2.45, 2.75) is 0 Å². The van der Waals surface area contributed by atoms with E-state index in [0.717, 1.165) is 43.2 Å². The third-order valence-electron chi connectivity index (χ3n) is 6.62. The minimum Gasteiger partial charge on any atom is -0.368 e. The maximum atomic E-state index is 13.8. The van der Waals surface area contributed by atoms with E-state index >= 15 is 0 Å².